The third kappa shape index (κ3) is 4.14. The summed E-state index contributed by atoms with van der Waals surface area (Å²) in [5, 5.41) is 6.21. The molecule has 0 fully saturated rings. The number of aromatic nitrogens is 1. The molecule has 0 aliphatic rings. The lowest BCUT2D eigenvalue weighted by Crippen LogP contribution is -2.18. The minimum Gasteiger partial charge on any atom is -0.496 e. The molecule has 3 aromatic carbocycles. The van der Waals surface area contributed by atoms with Crippen LogP contribution < -0.4 is 10.2 Å². The van der Waals surface area contributed by atoms with E-state index in [4.69, 9.17) is 4.74 Å². The monoisotopic (exact) mass is 425 g/mol. The molecule has 1 N–H and O–H groups in total. The summed E-state index contributed by atoms with van der Waals surface area (Å²) >= 11 is 0. The van der Waals surface area contributed by atoms with Gasteiger partial charge in [0.2, 0.25) is 0 Å². The van der Waals surface area contributed by atoms with Crippen molar-refractivity contribution < 1.29 is 9.53 Å². The third-order valence-electron chi connectivity index (χ3n) is 5.76. The molecule has 1 amide bonds. The molecule has 0 radical (unpaired) electrons. The van der Waals surface area contributed by atoms with E-state index in [9.17, 15) is 4.79 Å². The lowest BCUT2D eigenvalue weighted by Gasteiger charge is -2.10. The van der Waals surface area contributed by atoms with Crippen LogP contribution in [-0.2, 0) is 6.42 Å². The molecule has 0 unspecified atom stereocenters. The number of carbonyl (C=O) groups is 1. The molecule has 4 rings (SSSR count). The first-order chi connectivity index (χ1) is 15.5. The first-order valence-electron chi connectivity index (χ1n) is 10.7. The molecule has 1 aromatic heterocycles. The molecule has 0 atom stereocenters. The fraction of sp³-hybridized carbons (Fsp3) is 0.185. The van der Waals surface area contributed by atoms with E-state index in [1.165, 1.54) is 5.56 Å². The number of rotatable bonds is 6. The second-order valence-electron chi connectivity index (χ2n) is 7.78. The van der Waals surface area contributed by atoms with Gasteiger partial charge in [-0.25, -0.2) is 5.43 Å². The smallest absolute Gasteiger partial charge is 0.275 e. The minimum absolute atomic E-state index is 0.312. The van der Waals surface area contributed by atoms with Gasteiger partial charge in [0.25, 0.3) is 5.91 Å². The molecule has 0 aliphatic heterocycles. The molecular formula is C27H27N3O2. The minimum atomic E-state index is -0.312. The summed E-state index contributed by atoms with van der Waals surface area (Å²) in [6.45, 7) is 6.27. The molecule has 0 saturated carbocycles. The zero-order valence-corrected chi connectivity index (χ0v) is 18.8. The molecular weight excluding hydrogens is 398 g/mol. The van der Waals surface area contributed by atoms with Crippen LogP contribution in [0.25, 0.3) is 16.5 Å². The van der Waals surface area contributed by atoms with Crippen molar-refractivity contribution >= 4 is 22.9 Å². The second kappa shape index (κ2) is 9.10. The number of fused-ring (bicyclic) bond motifs is 1. The standard InChI is InChI=1S/C27H27N3O2/c1-5-20-10-12-24(13-11-20)30-18(2)14-23(19(30)3)17-28-29-27(31)25-15-21-8-6-7-9-22(21)16-26(25)32-4/h6-17H,5H2,1-4H3,(H,29,31). The Morgan fingerprint density at radius 1 is 1.03 bits per heavy atom. The Morgan fingerprint density at radius 2 is 1.72 bits per heavy atom. The highest BCUT2D eigenvalue weighted by atomic mass is 16.5. The van der Waals surface area contributed by atoms with Crippen LogP contribution in [0.3, 0.4) is 0 Å². The number of aryl methyl sites for hydroxylation is 2. The van der Waals surface area contributed by atoms with Crippen LogP contribution in [0.4, 0.5) is 0 Å². The fourth-order valence-electron chi connectivity index (χ4n) is 3.98. The lowest BCUT2D eigenvalue weighted by atomic mass is 10.1. The number of amides is 1. The van der Waals surface area contributed by atoms with Gasteiger partial charge in [-0.1, -0.05) is 43.3 Å². The largest absolute Gasteiger partial charge is 0.496 e. The van der Waals surface area contributed by atoms with Crippen molar-refractivity contribution in [1.82, 2.24) is 9.99 Å². The number of carbonyl (C=O) groups excluding carboxylic acids is 1. The van der Waals surface area contributed by atoms with E-state index in [1.54, 1.807) is 13.3 Å². The fourth-order valence-corrected chi connectivity index (χ4v) is 3.98. The van der Waals surface area contributed by atoms with Gasteiger partial charge in [0.15, 0.2) is 0 Å². The van der Waals surface area contributed by atoms with E-state index in [2.05, 4.69) is 66.2 Å². The van der Waals surface area contributed by atoms with Gasteiger partial charge in [-0.3, -0.25) is 4.79 Å². The van der Waals surface area contributed by atoms with Crippen LogP contribution in [0.1, 0.15) is 39.8 Å². The van der Waals surface area contributed by atoms with Crippen molar-refractivity contribution in [3.8, 4) is 11.4 Å². The van der Waals surface area contributed by atoms with Gasteiger partial charge in [0.05, 0.1) is 18.9 Å². The van der Waals surface area contributed by atoms with E-state index in [-0.39, 0.29) is 5.91 Å². The Bertz CT molecular complexity index is 1300. The van der Waals surface area contributed by atoms with Crippen molar-refractivity contribution in [2.24, 2.45) is 5.10 Å². The lowest BCUT2D eigenvalue weighted by molar-refractivity contribution is 0.0952. The molecule has 0 bridgehead atoms. The van der Waals surface area contributed by atoms with Gasteiger partial charge in [-0.15, -0.1) is 0 Å². The van der Waals surface area contributed by atoms with Gasteiger partial charge < -0.3 is 9.30 Å². The maximum atomic E-state index is 12.8. The number of methoxy groups -OCH3 is 1. The maximum Gasteiger partial charge on any atom is 0.275 e. The molecule has 1 heterocycles. The number of ether oxygens (including phenoxy) is 1. The third-order valence-corrected chi connectivity index (χ3v) is 5.76. The van der Waals surface area contributed by atoms with Crippen LogP contribution in [0.2, 0.25) is 0 Å². The highest BCUT2D eigenvalue weighted by Gasteiger charge is 2.14. The SMILES string of the molecule is CCc1ccc(-n2c(C)cc(C=NNC(=O)c3cc4ccccc4cc3OC)c2C)cc1. The highest BCUT2D eigenvalue weighted by Crippen LogP contribution is 2.26. The quantitative estimate of drug-likeness (QED) is 0.324. The summed E-state index contributed by atoms with van der Waals surface area (Å²) in [5.74, 6) is 0.206. The van der Waals surface area contributed by atoms with E-state index in [1.807, 2.05) is 36.4 Å². The van der Waals surface area contributed by atoms with E-state index < -0.39 is 0 Å². The van der Waals surface area contributed by atoms with Gasteiger partial charge in [-0.05, 0) is 66.9 Å². The first kappa shape index (κ1) is 21.4. The normalized spacial score (nSPS) is 11.2. The van der Waals surface area contributed by atoms with Gasteiger partial charge in [0, 0.05) is 22.6 Å². The second-order valence-corrected chi connectivity index (χ2v) is 7.78. The summed E-state index contributed by atoms with van der Waals surface area (Å²) in [6, 6.07) is 22.2. The van der Waals surface area contributed by atoms with E-state index in [0.29, 0.717) is 11.3 Å². The first-order valence-corrected chi connectivity index (χ1v) is 10.7. The summed E-state index contributed by atoms with van der Waals surface area (Å²) in [7, 11) is 1.56. The van der Waals surface area contributed by atoms with Crippen LogP contribution >= 0.6 is 0 Å². The zero-order chi connectivity index (χ0) is 22.7. The molecule has 0 saturated heterocycles. The number of hydrogen-bond acceptors (Lipinski definition) is 3. The molecule has 0 aliphatic carbocycles. The molecule has 162 valence electrons. The zero-order valence-electron chi connectivity index (χ0n) is 18.8. The van der Waals surface area contributed by atoms with Gasteiger partial charge >= 0.3 is 0 Å². The predicted octanol–water partition coefficient (Wildman–Crippen LogP) is 5.58. The molecule has 32 heavy (non-hydrogen) atoms. The van der Waals surface area contributed by atoms with Crippen molar-refractivity contribution in [3.63, 3.8) is 0 Å². The molecule has 5 heteroatoms. The number of nitrogens with one attached hydrogen (secondary N) is 1. The molecule has 4 aromatic rings. The Hall–Kier alpha value is -3.86. The molecule has 0 spiro atoms. The van der Waals surface area contributed by atoms with Crippen molar-refractivity contribution in [2.45, 2.75) is 27.2 Å². The average molecular weight is 426 g/mol. The van der Waals surface area contributed by atoms with Crippen LogP contribution in [0, 0.1) is 13.8 Å². The summed E-state index contributed by atoms with van der Waals surface area (Å²) in [6.07, 6.45) is 2.70. The highest BCUT2D eigenvalue weighted by molar-refractivity contribution is 6.02. The number of benzene rings is 3. The van der Waals surface area contributed by atoms with Crippen molar-refractivity contribution in [2.75, 3.05) is 7.11 Å². The van der Waals surface area contributed by atoms with E-state index in [0.717, 1.165) is 39.8 Å². The summed E-state index contributed by atoms with van der Waals surface area (Å²) in [4.78, 5) is 12.8. The van der Waals surface area contributed by atoms with Crippen LogP contribution in [-0.4, -0.2) is 23.8 Å². The Morgan fingerprint density at radius 3 is 2.38 bits per heavy atom. The predicted molar refractivity (Wildman–Crippen MR) is 130 cm³/mol. The topological polar surface area (TPSA) is 55.6 Å². The van der Waals surface area contributed by atoms with Crippen LogP contribution in [0.15, 0.2) is 71.8 Å². The summed E-state index contributed by atoms with van der Waals surface area (Å²) in [5.41, 5.74) is 8.63. The number of hydrazone groups is 1. The van der Waals surface area contributed by atoms with E-state index >= 15 is 0 Å². The number of nitrogens with zero attached hydrogens (tertiary/aromatic N) is 2. The number of hydrogen-bond donors (Lipinski definition) is 1. The van der Waals surface area contributed by atoms with Crippen molar-refractivity contribution in [1.29, 1.82) is 0 Å². The average Bonchev–Trinajstić information content (AvgIpc) is 3.10. The van der Waals surface area contributed by atoms with Gasteiger partial charge in [0.1, 0.15) is 5.75 Å². The Kier molecular flexibility index (Phi) is 6.08. The molecule has 5 nitrogen and oxygen atoms in total. The Labute approximate surface area is 188 Å². The maximum absolute atomic E-state index is 12.8. The van der Waals surface area contributed by atoms with Crippen LogP contribution in [0.5, 0.6) is 5.75 Å². The Balaban J connectivity index is 1.55. The van der Waals surface area contributed by atoms with Crippen molar-refractivity contribution in [3.05, 3.63) is 94.8 Å². The van der Waals surface area contributed by atoms with Gasteiger partial charge in [-0.2, -0.15) is 5.10 Å². The summed E-state index contributed by atoms with van der Waals surface area (Å²) < 4.78 is 7.62.